The van der Waals surface area contributed by atoms with Crippen LogP contribution in [0.15, 0.2) is 28.8 Å². The van der Waals surface area contributed by atoms with Crippen LogP contribution in [0.5, 0.6) is 0 Å². The molecule has 0 fully saturated rings. The lowest BCUT2D eigenvalue weighted by Crippen LogP contribution is -2.31. The number of thiophene rings is 1. The van der Waals surface area contributed by atoms with Crippen LogP contribution in [-0.2, 0) is 11.3 Å². The van der Waals surface area contributed by atoms with Crippen molar-refractivity contribution in [2.24, 2.45) is 0 Å². The summed E-state index contributed by atoms with van der Waals surface area (Å²) < 4.78 is 0. The molecule has 2 nitrogen and oxygen atoms in total. The Labute approximate surface area is 134 Å². The first-order valence-corrected chi connectivity index (χ1v) is 9.35. The Balaban J connectivity index is 2.23. The average molecular weight is 356 g/mol. The first-order chi connectivity index (χ1) is 9.76. The highest BCUT2D eigenvalue weighted by Crippen LogP contribution is 2.29. The number of rotatable bonds is 7. The van der Waals surface area contributed by atoms with E-state index < -0.39 is 0 Å². The smallest absolute Gasteiger partial charge is 0.178 e. The molecule has 0 N–H and O–H groups in total. The molecule has 0 amide bonds. The minimum Gasteiger partial charge on any atom is -0.364 e. The number of halogens is 1. The first-order valence-electron chi connectivity index (χ1n) is 7.34. The second-order valence-electron chi connectivity index (χ2n) is 5.13. The average Bonchev–Trinajstić information content (AvgIpc) is 2.96. The molecule has 0 radical (unpaired) electrons. The normalized spacial score (nSPS) is 15.8. The fourth-order valence-electron chi connectivity index (χ4n) is 2.75. The van der Waals surface area contributed by atoms with E-state index in [1.165, 1.54) is 10.5 Å². The summed E-state index contributed by atoms with van der Waals surface area (Å²) in [7, 11) is 0. The second-order valence-corrected chi connectivity index (χ2v) is 6.95. The molecule has 0 aliphatic heterocycles. The van der Waals surface area contributed by atoms with E-state index in [0.29, 0.717) is 12.2 Å². The Morgan fingerprint density at radius 1 is 1.40 bits per heavy atom. The maximum atomic E-state index is 12.4. The predicted molar refractivity (Wildman–Crippen MR) is 89.3 cm³/mol. The number of carbonyl (C=O) groups is 1. The molecule has 4 heteroatoms. The molecule has 1 aliphatic rings. The number of ketones is 1. The van der Waals surface area contributed by atoms with Crippen molar-refractivity contribution >= 4 is 33.0 Å². The van der Waals surface area contributed by atoms with Crippen molar-refractivity contribution in [1.82, 2.24) is 4.90 Å². The van der Waals surface area contributed by atoms with E-state index in [2.05, 4.69) is 45.3 Å². The third kappa shape index (κ3) is 3.95. The number of hydrogen-bond acceptors (Lipinski definition) is 3. The molecule has 1 aliphatic carbocycles. The van der Waals surface area contributed by atoms with Crippen molar-refractivity contribution in [2.45, 2.75) is 45.6 Å². The summed E-state index contributed by atoms with van der Waals surface area (Å²) in [6.07, 6.45) is 4.90. The Kier molecular flexibility index (Phi) is 6.30. The largest absolute Gasteiger partial charge is 0.364 e. The van der Waals surface area contributed by atoms with Crippen LogP contribution in [0.3, 0.4) is 0 Å². The van der Waals surface area contributed by atoms with Crippen molar-refractivity contribution in [3.8, 4) is 0 Å². The van der Waals surface area contributed by atoms with Crippen LogP contribution in [0.25, 0.3) is 0 Å². The van der Waals surface area contributed by atoms with E-state index in [1.807, 2.05) is 0 Å². The maximum absolute atomic E-state index is 12.4. The summed E-state index contributed by atoms with van der Waals surface area (Å²) in [6.45, 7) is 3.99. The standard InChI is InChI=1S/C16H22BrNOS/c1-2-13-6-3-8-15(19)16(13)18(10-5-9-17)12-14-7-4-11-20-14/h4,7,11H,2-3,5-6,8-10,12H2,1H3. The fourth-order valence-corrected chi connectivity index (χ4v) is 3.72. The molecular weight excluding hydrogens is 334 g/mol. The van der Waals surface area contributed by atoms with Gasteiger partial charge in [-0.05, 0) is 42.7 Å². The molecule has 0 bridgehead atoms. The summed E-state index contributed by atoms with van der Waals surface area (Å²) in [6, 6.07) is 4.24. The van der Waals surface area contributed by atoms with E-state index in [-0.39, 0.29) is 0 Å². The van der Waals surface area contributed by atoms with Gasteiger partial charge in [0.25, 0.3) is 0 Å². The van der Waals surface area contributed by atoms with E-state index in [0.717, 1.165) is 49.8 Å². The SMILES string of the molecule is CCC1=C(N(CCCBr)Cc2cccs2)C(=O)CCC1. The van der Waals surface area contributed by atoms with Gasteiger partial charge in [0.2, 0.25) is 0 Å². The number of hydrogen-bond donors (Lipinski definition) is 0. The first kappa shape index (κ1) is 15.8. The van der Waals surface area contributed by atoms with Crippen LogP contribution in [-0.4, -0.2) is 22.6 Å². The summed E-state index contributed by atoms with van der Waals surface area (Å²) >= 11 is 5.27. The van der Waals surface area contributed by atoms with Crippen molar-refractivity contribution in [2.75, 3.05) is 11.9 Å². The van der Waals surface area contributed by atoms with E-state index >= 15 is 0 Å². The number of nitrogens with zero attached hydrogens (tertiary/aromatic N) is 1. The molecule has 0 saturated carbocycles. The third-order valence-electron chi connectivity index (χ3n) is 3.71. The van der Waals surface area contributed by atoms with Crippen molar-refractivity contribution in [1.29, 1.82) is 0 Å². The summed E-state index contributed by atoms with van der Waals surface area (Å²) in [5.74, 6) is 0.347. The van der Waals surface area contributed by atoms with Gasteiger partial charge in [0.15, 0.2) is 5.78 Å². The number of alkyl halides is 1. The van der Waals surface area contributed by atoms with Crippen LogP contribution >= 0.6 is 27.3 Å². The number of Topliss-reactive ketones (excluding diaryl/α,β-unsaturated/α-hetero) is 1. The number of allylic oxidation sites excluding steroid dienone is 2. The van der Waals surface area contributed by atoms with Gasteiger partial charge in [0.05, 0.1) is 12.2 Å². The van der Waals surface area contributed by atoms with Gasteiger partial charge in [-0.2, -0.15) is 0 Å². The molecule has 1 aromatic rings. The summed E-state index contributed by atoms with van der Waals surface area (Å²) in [5.41, 5.74) is 2.38. The van der Waals surface area contributed by atoms with Gasteiger partial charge in [0, 0.05) is 23.2 Å². The lowest BCUT2D eigenvalue weighted by molar-refractivity contribution is -0.117. The van der Waals surface area contributed by atoms with Crippen LogP contribution in [0.1, 0.15) is 43.9 Å². The van der Waals surface area contributed by atoms with Crippen LogP contribution in [0.4, 0.5) is 0 Å². The monoisotopic (exact) mass is 355 g/mol. The van der Waals surface area contributed by atoms with Crippen LogP contribution < -0.4 is 0 Å². The zero-order valence-electron chi connectivity index (χ0n) is 12.0. The highest BCUT2D eigenvalue weighted by molar-refractivity contribution is 9.09. The molecule has 0 unspecified atom stereocenters. The minimum absolute atomic E-state index is 0.347. The Morgan fingerprint density at radius 3 is 2.90 bits per heavy atom. The molecule has 0 saturated heterocycles. The zero-order chi connectivity index (χ0) is 14.4. The van der Waals surface area contributed by atoms with Gasteiger partial charge < -0.3 is 4.90 Å². The molecule has 2 rings (SSSR count). The Bertz CT molecular complexity index is 467. The van der Waals surface area contributed by atoms with Gasteiger partial charge in [-0.3, -0.25) is 4.79 Å². The van der Waals surface area contributed by atoms with E-state index in [1.54, 1.807) is 11.3 Å². The molecule has 0 atom stereocenters. The minimum atomic E-state index is 0.347. The fraction of sp³-hybridized carbons (Fsp3) is 0.562. The molecule has 1 heterocycles. The highest BCUT2D eigenvalue weighted by Gasteiger charge is 2.24. The third-order valence-corrected chi connectivity index (χ3v) is 5.13. The van der Waals surface area contributed by atoms with Gasteiger partial charge >= 0.3 is 0 Å². The van der Waals surface area contributed by atoms with Crippen molar-refractivity contribution < 1.29 is 4.79 Å². The topological polar surface area (TPSA) is 20.3 Å². The van der Waals surface area contributed by atoms with Gasteiger partial charge in [-0.15, -0.1) is 11.3 Å². The lowest BCUT2D eigenvalue weighted by Gasteiger charge is -2.31. The molecule has 0 spiro atoms. The van der Waals surface area contributed by atoms with Crippen LogP contribution in [0.2, 0.25) is 0 Å². The molecule has 110 valence electrons. The zero-order valence-corrected chi connectivity index (χ0v) is 14.4. The Morgan fingerprint density at radius 2 is 2.25 bits per heavy atom. The predicted octanol–water partition coefficient (Wildman–Crippen LogP) is 4.75. The van der Waals surface area contributed by atoms with Gasteiger partial charge in [-0.1, -0.05) is 28.9 Å². The molecule has 1 aromatic heterocycles. The van der Waals surface area contributed by atoms with Crippen molar-refractivity contribution in [3.05, 3.63) is 33.7 Å². The highest BCUT2D eigenvalue weighted by atomic mass is 79.9. The lowest BCUT2D eigenvalue weighted by atomic mass is 9.92. The summed E-state index contributed by atoms with van der Waals surface area (Å²) in [5, 5.41) is 3.09. The van der Waals surface area contributed by atoms with E-state index in [4.69, 9.17) is 0 Å². The van der Waals surface area contributed by atoms with Crippen LogP contribution in [0, 0.1) is 0 Å². The number of carbonyl (C=O) groups excluding carboxylic acids is 1. The molecule has 0 aromatic carbocycles. The maximum Gasteiger partial charge on any atom is 0.178 e. The Hall–Kier alpha value is -0.610. The molecular formula is C16H22BrNOS. The second kappa shape index (κ2) is 7.99. The van der Waals surface area contributed by atoms with Gasteiger partial charge in [0.1, 0.15) is 0 Å². The molecule has 20 heavy (non-hydrogen) atoms. The summed E-state index contributed by atoms with van der Waals surface area (Å²) in [4.78, 5) is 16.0. The quantitative estimate of drug-likeness (QED) is 0.657. The van der Waals surface area contributed by atoms with Crippen molar-refractivity contribution in [3.63, 3.8) is 0 Å². The van der Waals surface area contributed by atoms with Gasteiger partial charge in [-0.25, -0.2) is 0 Å². The van der Waals surface area contributed by atoms with E-state index in [9.17, 15) is 4.79 Å².